The normalized spacial score (nSPS) is 20.8. The first-order valence-corrected chi connectivity index (χ1v) is 6.66. The molecule has 0 heterocycles. The molecule has 0 aliphatic heterocycles. The van der Waals surface area contributed by atoms with Crippen LogP contribution in [0.15, 0.2) is 0 Å². The van der Waals surface area contributed by atoms with Crippen LogP contribution in [0, 0.1) is 17.3 Å². The fourth-order valence-corrected chi connectivity index (χ4v) is 2.64. The van der Waals surface area contributed by atoms with Gasteiger partial charge in [-0.25, -0.2) is 0 Å². The third-order valence-corrected chi connectivity index (χ3v) is 3.61. The van der Waals surface area contributed by atoms with E-state index in [-0.39, 0.29) is 11.0 Å². The summed E-state index contributed by atoms with van der Waals surface area (Å²) >= 11 is 0. The van der Waals surface area contributed by atoms with Crippen LogP contribution < -0.4 is 5.32 Å². The van der Waals surface area contributed by atoms with E-state index in [1.54, 1.807) is 0 Å². The fraction of sp³-hybridized carbons (Fsp3) is 0.867. The first-order valence-electron chi connectivity index (χ1n) is 6.66. The molecule has 0 aromatic rings. The minimum absolute atomic E-state index is 0.0152. The van der Waals surface area contributed by atoms with Crippen LogP contribution in [-0.2, 0) is 4.74 Å². The molecular formula is C15H27NO. The second-order valence-corrected chi connectivity index (χ2v) is 6.07. The summed E-state index contributed by atoms with van der Waals surface area (Å²) in [5.41, 5.74) is 0.107. The second kappa shape index (κ2) is 5.89. The number of ether oxygens (including phenoxy) is 1. The monoisotopic (exact) mass is 237 g/mol. The summed E-state index contributed by atoms with van der Waals surface area (Å²) in [5.74, 6) is 6.63. The van der Waals surface area contributed by atoms with Gasteiger partial charge >= 0.3 is 0 Å². The molecule has 0 radical (unpaired) electrons. The highest BCUT2D eigenvalue weighted by atomic mass is 16.5. The van der Waals surface area contributed by atoms with Crippen LogP contribution in [0.25, 0.3) is 0 Å². The van der Waals surface area contributed by atoms with E-state index in [0.717, 1.165) is 19.3 Å². The van der Waals surface area contributed by atoms with E-state index in [2.05, 4.69) is 37.9 Å². The molecule has 1 saturated carbocycles. The molecule has 1 unspecified atom stereocenters. The van der Waals surface area contributed by atoms with Crippen molar-refractivity contribution < 1.29 is 4.74 Å². The van der Waals surface area contributed by atoms with Crippen molar-refractivity contribution >= 4 is 0 Å². The van der Waals surface area contributed by atoms with Crippen molar-refractivity contribution in [3.8, 4) is 11.8 Å². The first-order chi connectivity index (χ1) is 7.93. The lowest BCUT2D eigenvalue weighted by atomic mass is 9.89. The molecule has 0 spiro atoms. The van der Waals surface area contributed by atoms with Crippen molar-refractivity contribution in [2.75, 3.05) is 14.2 Å². The van der Waals surface area contributed by atoms with Crippen molar-refractivity contribution in [2.24, 2.45) is 5.41 Å². The first kappa shape index (κ1) is 14.5. The van der Waals surface area contributed by atoms with Gasteiger partial charge in [-0.05, 0) is 40.7 Å². The standard InChI is InChI=1S/C15H27NO/c1-14(2,3)10-8-9-13(16-4)15(17-5)11-6-7-12-15/h13,16H,6-7,9,11-12H2,1-5H3. The van der Waals surface area contributed by atoms with Gasteiger partial charge < -0.3 is 10.1 Å². The van der Waals surface area contributed by atoms with Crippen LogP contribution in [0.2, 0.25) is 0 Å². The van der Waals surface area contributed by atoms with Crippen LogP contribution in [0.1, 0.15) is 52.9 Å². The van der Waals surface area contributed by atoms with E-state index >= 15 is 0 Å². The number of rotatable bonds is 4. The molecule has 1 N–H and O–H groups in total. The molecule has 1 aliphatic rings. The smallest absolute Gasteiger partial charge is 0.0840 e. The summed E-state index contributed by atoms with van der Waals surface area (Å²) in [6.45, 7) is 6.45. The number of hydrogen-bond donors (Lipinski definition) is 1. The second-order valence-electron chi connectivity index (χ2n) is 6.07. The SMILES string of the molecule is CNC(CC#CC(C)(C)C)C1(OC)CCCC1. The predicted octanol–water partition coefficient (Wildman–Crippen LogP) is 2.97. The minimum atomic E-state index is 0.0152. The largest absolute Gasteiger partial charge is 0.377 e. The molecule has 1 rings (SSSR count). The van der Waals surface area contributed by atoms with Crippen LogP contribution in [0.3, 0.4) is 0 Å². The molecule has 1 fully saturated rings. The molecule has 0 saturated heterocycles. The molecule has 1 atom stereocenters. The summed E-state index contributed by atoms with van der Waals surface area (Å²) < 4.78 is 5.80. The summed E-state index contributed by atoms with van der Waals surface area (Å²) in [5, 5.41) is 3.39. The highest BCUT2D eigenvalue weighted by molar-refractivity contribution is 5.11. The Kier molecular flexibility index (Phi) is 5.04. The van der Waals surface area contributed by atoms with Gasteiger partial charge in [-0.2, -0.15) is 0 Å². The Balaban J connectivity index is 2.67. The van der Waals surface area contributed by atoms with E-state index in [1.165, 1.54) is 12.8 Å². The third kappa shape index (κ3) is 4.01. The van der Waals surface area contributed by atoms with E-state index < -0.39 is 0 Å². The third-order valence-electron chi connectivity index (χ3n) is 3.61. The highest BCUT2D eigenvalue weighted by Gasteiger charge is 2.40. The fourth-order valence-electron chi connectivity index (χ4n) is 2.64. The summed E-state index contributed by atoms with van der Waals surface area (Å²) in [6.07, 6.45) is 5.75. The van der Waals surface area contributed by atoms with E-state index in [0.29, 0.717) is 6.04 Å². The highest BCUT2D eigenvalue weighted by Crippen LogP contribution is 2.36. The average molecular weight is 237 g/mol. The quantitative estimate of drug-likeness (QED) is 0.759. The van der Waals surface area contributed by atoms with E-state index in [1.807, 2.05) is 14.2 Å². The van der Waals surface area contributed by atoms with Gasteiger partial charge in [-0.3, -0.25) is 0 Å². The molecule has 0 aromatic heterocycles. The lowest BCUT2D eigenvalue weighted by Crippen LogP contribution is -2.49. The Morgan fingerprint density at radius 3 is 2.29 bits per heavy atom. The van der Waals surface area contributed by atoms with Crippen LogP contribution in [0.4, 0.5) is 0 Å². The van der Waals surface area contributed by atoms with Crippen molar-refractivity contribution in [3.05, 3.63) is 0 Å². The van der Waals surface area contributed by atoms with Crippen LogP contribution in [-0.4, -0.2) is 25.8 Å². The predicted molar refractivity (Wildman–Crippen MR) is 72.9 cm³/mol. The van der Waals surface area contributed by atoms with Crippen molar-refractivity contribution in [1.82, 2.24) is 5.32 Å². The summed E-state index contributed by atoms with van der Waals surface area (Å²) in [6, 6.07) is 0.352. The van der Waals surface area contributed by atoms with Crippen LogP contribution >= 0.6 is 0 Å². The summed E-state index contributed by atoms with van der Waals surface area (Å²) in [7, 11) is 3.86. The summed E-state index contributed by atoms with van der Waals surface area (Å²) in [4.78, 5) is 0. The van der Waals surface area contributed by atoms with Gasteiger partial charge in [0.15, 0.2) is 0 Å². The van der Waals surface area contributed by atoms with Gasteiger partial charge in [0.1, 0.15) is 0 Å². The van der Waals surface area contributed by atoms with Gasteiger partial charge in [0.05, 0.1) is 5.60 Å². The number of hydrogen-bond acceptors (Lipinski definition) is 2. The van der Waals surface area contributed by atoms with Gasteiger partial charge in [0, 0.05) is 25.0 Å². The maximum absolute atomic E-state index is 5.80. The molecule has 2 nitrogen and oxygen atoms in total. The molecule has 0 amide bonds. The molecule has 2 heteroatoms. The molecule has 0 bridgehead atoms. The zero-order chi connectivity index (χ0) is 12.9. The lowest BCUT2D eigenvalue weighted by molar-refractivity contribution is -0.0324. The number of methoxy groups -OCH3 is 1. The van der Waals surface area contributed by atoms with Crippen LogP contribution in [0.5, 0.6) is 0 Å². The van der Waals surface area contributed by atoms with Gasteiger partial charge in [-0.15, -0.1) is 5.92 Å². The maximum atomic E-state index is 5.80. The number of likely N-dealkylation sites (N-methyl/N-ethyl adjacent to an activating group) is 1. The average Bonchev–Trinajstić information content (AvgIpc) is 2.72. The van der Waals surface area contributed by atoms with Gasteiger partial charge in [0.25, 0.3) is 0 Å². The molecule has 1 aliphatic carbocycles. The molecule has 98 valence electrons. The maximum Gasteiger partial charge on any atom is 0.0840 e. The Morgan fingerprint density at radius 1 is 1.29 bits per heavy atom. The molecule has 0 aromatic carbocycles. The molecule has 17 heavy (non-hydrogen) atoms. The molecular weight excluding hydrogens is 210 g/mol. The number of nitrogens with one attached hydrogen (secondary N) is 1. The van der Waals surface area contributed by atoms with Crippen molar-refractivity contribution in [1.29, 1.82) is 0 Å². The Hall–Kier alpha value is -0.520. The van der Waals surface area contributed by atoms with E-state index in [4.69, 9.17) is 4.74 Å². The van der Waals surface area contributed by atoms with E-state index in [9.17, 15) is 0 Å². The Labute approximate surface area is 107 Å². The lowest BCUT2D eigenvalue weighted by Gasteiger charge is -2.35. The topological polar surface area (TPSA) is 21.3 Å². The van der Waals surface area contributed by atoms with Gasteiger partial charge in [-0.1, -0.05) is 18.8 Å². The van der Waals surface area contributed by atoms with Crippen molar-refractivity contribution in [3.63, 3.8) is 0 Å². The van der Waals surface area contributed by atoms with Gasteiger partial charge in [0.2, 0.25) is 0 Å². The zero-order valence-corrected chi connectivity index (χ0v) is 12.0. The zero-order valence-electron chi connectivity index (χ0n) is 12.0. The Morgan fingerprint density at radius 2 is 1.88 bits per heavy atom. The Bertz CT molecular complexity index is 286. The van der Waals surface area contributed by atoms with Crippen molar-refractivity contribution in [2.45, 2.75) is 64.5 Å². The minimum Gasteiger partial charge on any atom is -0.377 e.